The largest absolute Gasteiger partial charge is 0.381 e. The molecule has 0 amide bonds. The zero-order valence-electron chi connectivity index (χ0n) is 10.5. The van der Waals surface area contributed by atoms with E-state index in [-0.39, 0.29) is 5.92 Å². The summed E-state index contributed by atoms with van der Waals surface area (Å²) in [5.41, 5.74) is 0. The molecule has 1 aliphatic rings. The molecule has 17 heavy (non-hydrogen) atoms. The number of hydrogen-bond acceptors (Lipinski definition) is 3. The second-order valence-corrected chi connectivity index (χ2v) is 6.59. The van der Waals surface area contributed by atoms with Gasteiger partial charge in [0.1, 0.15) is 0 Å². The van der Waals surface area contributed by atoms with Crippen molar-refractivity contribution in [1.29, 1.82) is 0 Å². The lowest BCUT2D eigenvalue weighted by molar-refractivity contribution is 0.0484. The van der Waals surface area contributed by atoms with E-state index < -0.39 is 15.3 Å². The van der Waals surface area contributed by atoms with E-state index in [4.69, 9.17) is 9.88 Å². The Balaban J connectivity index is 2.70. The van der Waals surface area contributed by atoms with Crippen LogP contribution in [-0.2, 0) is 14.8 Å². The molecular formula is C12H23NO3S. The van der Waals surface area contributed by atoms with E-state index in [0.29, 0.717) is 18.8 Å². The van der Waals surface area contributed by atoms with Crippen LogP contribution in [0.25, 0.3) is 0 Å². The summed E-state index contributed by atoms with van der Waals surface area (Å²) in [7, 11) is -3.47. The number of ether oxygens (including phenoxy) is 1. The van der Waals surface area contributed by atoms with Crippen molar-refractivity contribution in [1.82, 2.24) is 0 Å². The summed E-state index contributed by atoms with van der Waals surface area (Å²) >= 11 is 0. The molecular weight excluding hydrogens is 238 g/mol. The molecule has 1 fully saturated rings. The minimum absolute atomic E-state index is 0.0915. The summed E-state index contributed by atoms with van der Waals surface area (Å²) in [6, 6.07) is 0. The third-order valence-electron chi connectivity index (χ3n) is 3.67. The van der Waals surface area contributed by atoms with Gasteiger partial charge in [-0.1, -0.05) is 13.0 Å². The lowest BCUT2D eigenvalue weighted by Crippen LogP contribution is -2.38. The molecule has 100 valence electrons. The van der Waals surface area contributed by atoms with Crippen LogP contribution < -0.4 is 5.14 Å². The fraction of sp³-hybridized carbons (Fsp3) is 0.833. The highest BCUT2D eigenvalue weighted by Gasteiger charge is 2.33. The number of rotatable bonds is 6. The minimum Gasteiger partial charge on any atom is -0.381 e. The second-order valence-electron chi connectivity index (χ2n) is 4.80. The number of allylic oxidation sites excluding steroid dienone is 1. The predicted octanol–water partition coefficient (Wildman–Crippen LogP) is 1.67. The maximum Gasteiger partial charge on any atom is 0.212 e. The summed E-state index contributed by atoms with van der Waals surface area (Å²) in [6.07, 6.45) is 4.87. The topological polar surface area (TPSA) is 69.4 Å². The molecule has 0 aliphatic carbocycles. The van der Waals surface area contributed by atoms with Crippen molar-refractivity contribution in [2.45, 2.75) is 37.9 Å². The fourth-order valence-corrected chi connectivity index (χ4v) is 3.84. The molecule has 0 bridgehead atoms. The van der Waals surface area contributed by atoms with Crippen LogP contribution in [0.1, 0.15) is 32.6 Å². The van der Waals surface area contributed by atoms with Crippen LogP contribution in [0.15, 0.2) is 12.7 Å². The van der Waals surface area contributed by atoms with E-state index in [9.17, 15) is 8.42 Å². The van der Waals surface area contributed by atoms with Crippen molar-refractivity contribution >= 4 is 10.0 Å². The van der Waals surface area contributed by atoms with Crippen LogP contribution in [-0.4, -0.2) is 26.9 Å². The first-order valence-corrected chi connectivity index (χ1v) is 7.78. The van der Waals surface area contributed by atoms with E-state index in [2.05, 4.69) is 6.58 Å². The highest BCUT2D eigenvalue weighted by molar-refractivity contribution is 7.89. The van der Waals surface area contributed by atoms with E-state index in [1.165, 1.54) is 0 Å². The monoisotopic (exact) mass is 261 g/mol. The lowest BCUT2D eigenvalue weighted by Gasteiger charge is -2.32. The van der Waals surface area contributed by atoms with Gasteiger partial charge in [-0.3, -0.25) is 0 Å². The van der Waals surface area contributed by atoms with Crippen molar-refractivity contribution in [2.24, 2.45) is 17.0 Å². The van der Waals surface area contributed by atoms with Gasteiger partial charge >= 0.3 is 0 Å². The van der Waals surface area contributed by atoms with E-state index >= 15 is 0 Å². The Kier molecular flexibility index (Phi) is 5.62. The van der Waals surface area contributed by atoms with Crippen LogP contribution in [0, 0.1) is 11.8 Å². The molecule has 1 rings (SSSR count). The van der Waals surface area contributed by atoms with Crippen molar-refractivity contribution in [2.75, 3.05) is 13.2 Å². The summed E-state index contributed by atoms with van der Waals surface area (Å²) in [5.74, 6) is 0.491. The summed E-state index contributed by atoms with van der Waals surface area (Å²) < 4.78 is 28.6. The van der Waals surface area contributed by atoms with Gasteiger partial charge in [0.15, 0.2) is 0 Å². The first-order valence-electron chi connectivity index (χ1n) is 6.17. The minimum atomic E-state index is -3.47. The Morgan fingerprint density at radius 1 is 1.47 bits per heavy atom. The van der Waals surface area contributed by atoms with Crippen molar-refractivity contribution in [3.63, 3.8) is 0 Å². The third kappa shape index (κ3) is 4.41. The summed E-state index contributed by atoms with van der Waals surface area (Å²) in [5, 5.41) is 4.88. The van der Waals surface area contributed by atoms with Gasteiger partial charge in [0.2, 0.25) is 10.0 Å². The van der Waals surface area contributed by atoms with Gasteiger partial charge in [0.05, 0.1) is 5.25 Å². The van der Waals surface area contributed by atoms with Crippen LogP contribution in [0.5, 0.6) is 0 Å². The number of nitrogens with two attached hydrogens (primary N) is 1. The van der Waals surface area contributed by atoms with Gasteiger partial charge in [-0.25, -0.2) is 13.6 Å². The molecule has 0 saturated carbocycles. The number of hydrogen-bond donors (Lipinski definition) is 1. The Morgan fingerprint density at radius 3 is 2.53 bits per heavy atom. The molecule has 4 nitrogen and oxygen atoms in total. The zero-order chi connectivity index (χ0) is 12.9. The highest BCUT2D eigenvalue weighted by atomic mass is 32.2. The summed E-state index contributed by atoms with van der Waals surface area (Å²) in [6.45, 7) is 7.09. The van der Waals surface area contributed by atoms with Crippen molar-refractivity contribution < 1.29 is 13.2 Å². The molecule has 5 heteroatoms. The van der Waals surface area contributed by atoms with E-state index in [1.54, 1.807) is 6.08 Å². The quantitative estimate of drug-likeness (QED) is 0.739. The van der Waals surface area contributed by atoms with E-state index in [0.717, 1.165) is 26.1 Å². The van der Waals surface area contributed by atoms with Gasteiger partial charge in [0.25, 0.3) is 0 Å². The van der Waals surface area contributed by atoms with Crippen molar-refractivity contribution in [3.8, 4) is 0 Å². The zero-order valence-corrected chi connectivity index (χ0v) is 11.3. The average Bonchev–Trinajstić information content (AvgIpc) is 2.29. The Bertz CT molecular complexity index is 334. The highest BCUT2D eigenvalue weighted by Crippen LogP contribution is 2.30. The molecule has 1 saturated heterocycles. The Labute approximate surface area is 104 Å². The maximum atomic E-state index is 11.6. The number of sulfonamides is 1. The van der Waals surface area contributed by atoms with Crippen LogP contribution >= 0.6 is 0 Å². The van der Waals surface area contributed by atoms with Gasteiger partial charge in [-0.15, -0.1) is 6.58 Å². The van der Waals surface area contributed by atoms with Gasteiger partial charge in [-0.05, 0) is 37.5 Å². The molecule has 0 radical (unpaired) electrons. The normalized spacial score (nSPS) is 22.0. The molecule has 1 aliphatic heterocycles. The third-order valence-corrected chi connectivity index (χ3v) is 5.18. The number of primary sulfonamides is 1. The molecule has 0 spiro atoms. The second kappa shape index (κ2) is 6.52. The molecule has 1 heterocycles. The first kappa shape index (κ1) is 14.7. The SMILES string of the molecule is C=CCCC(C(C)C1CCOCC1)S(N)(=O)=O. The summed E-state index contributed by atoms with van der Waals surface area (Å²) in [4.78, 5) is 0. The van der Waals surface area contributed by atoms with Crippen LogP contribution in [0.4, 0.5) is 0 Å². The predicted molar refractivity (Wildman–Crippen MR) is 69.0 cm³/mol. The van der Waals surface area contributed by atoms with E-state index in [1.807, 2.05) is 6.92 Å². The van der Waals surface area contributed by atoms with Gasteiger partial charge in [-0.2, -0.15) is 0 Å². The van der Waals surface area contributed by atoms with Gasteiger partial charge in [0, 0.05) is 13.2 Å². The maximum absolute atomic E-state index is 11.6. The molecule has 2 atom stereocenters. The van der Waals surface area contributed by atoms with Crippen molar-refractivity contribution in [3.05, 3.63) is 12.7 Å². The fourth-order valence-electron chi connectivity index (χ4n) is 2.55. The van der Waals surface area contributed by atoms with Crippen LogP contribution in [0.2, 0.25) is 0 Å². The lowest BCUT2D eigenvalue weighted by atomic mass is 9.84. The first-order chi connectivity index (χ1) is 7.96. The molecule has 0 aromatic heterocycles. The molecule has 0 aromatic rings. The molecule has 2 N–H and O–H groups in total. The standard InChI is InChI=1S/C12H23NO3S/c1-3-4-5-12(17(13,14)15)10(2)11-6-8-16-9-7-11/h3,10-12H,1,4-9H2,2H3,(H2,13,14,15). The smallest absolute Gasteiger partial charge is 0.212 e. The average molecular weight is 261 g/mol. The van der Waals surface area contributed by atoms with Gasteiger partial charge < -0.3 is 4.74 Å². The Morgan fingerprint density at radius 2 is 2.06 bits per heavy atom. The van der Waals surface area contributed by atoms with Crippen LogP contribution in [0.3, 0.4) is 0 Å². The molecule has 2 unspecified atom stereocenters. The Hall–Kier alpha value is -0.390. The molecule has 0 aromatic carbocycles.